The van der Waals surface area contributed by atoms with Gasteiger partial charge in [-0.25, -0.2) is 0 Å². The summed E-state index contributed by atoms with van der Waals surface area (Å²) < 4.78 is 0. The lowest BCUT2D eigenvalue weighted by Crippen LogP contribution is -2.56. The van der Waals surface area contributed by atoms with Crippen molar-refractivity contribution in [3.05, 3.63) is 11.6 Å². The molecule has 0 aromatic rings. The molecule has 0 aliphatic heterocycles. The van der Waals surface area contributed by atoms with Gasteiger partial charge < -0.3 is 5.11 Å². The first-order valence-corrected chi connectivity index (χ1v) is 9.70. The predicted molar refractivity (Wildman–Crippen MR) is 92.3 cm³/mol. The fourth-order valence-electron chi connectivity index (χ4n) is 7.35. The maximum Gasteiger partial charge on any atom is 0.155 e. The highest BCUT2D eigenvalue weighted by atomic mass is 16.3. The van der Waals surface area contributed by atoms with Crippen molar-refractivity contribution in [2.24, 2.45) is 34.5 Å². The van der Waals surface area contributed by atoms with Gasteiger partial charge in [-0.1, -0.05) is 19.4 Å². The second-order valence-corrected chi connectivity index (χ2v) is 9.41. The Morgan fingerprint density at radius 3 is 2.67 bits per heavy atom. The van der Waals surface area contributed by atoms with E-state index in [9.17, 15) is 14.7 Å². The fourth-order valence-corrected chi connectivity index (χ4v) is 7.35. The number of carbonyl (C=O) groups excluding carboxylic acids is 2. The van der Waals surface area contributed by atoms with Crippen molar-refractivity contribution in [1.29, 1.82) is 0 Å². The van der Waals surface area contributed by atoms with E-state index in [4.69, 9.17) is 0 Å². The third-order valence-corrected chi connectivity index (χ3v) is 8.38. The van der Waals surface area contributed by atoms with Gasteiger partial charge >= 0.3 is 0 Å². The molecule has 4 aliphatic rings. The molecule has 1 N–H and O–H groups in total. The molecule has 1 unspecified atom stereocenters. The first-order chi connectivity index (χ1) is 11.3. The molecule has 3 saturated carbocycles. The molecule has 132 valence electrons. The number of fused-ring (bicyclic) bond motifs is 5. The van der Waals surface area contributed by atoms with Crippen LogP contribution in [0.1, 0.15) is 65.7 Å². The highest BCUT2D eigenvalue weighted by Gasteiger charge is 2.62. The number of hydrogen-bond acceptors (Lipinski definition) is 3. The molecule has 4 rings (SSSR count). The summed E-state index contributed by atoms with van der Waals surface area (Å²) in [7, 11) is 0. The number of carbonyl (C=O) groups is 2. The van der Waals surface area contributed by atoms with E-state index in [1.807, 2.05) is 6.08 Å². The number of aliphatic hydroxyl groups is 1. The number of allylic oxidation sites excluding steroid dienone is 1. The first kappa shape index (κ1) is 16.5. The molecular formula is C21H30O3. The molecule has 4 aliphatic carbocycles. The van der Waals surface area contributed by atoms with E-state index in [-0.39, 0.29) is 34.6 Å². The lowest BCUT2D eigenvalue weighted by atomic mass is 9.46. The lowest BCUT2D eigenvalue weighted by molar-refractivity contribution is -0.143. The van der Waals surface area contributed by atoms with Gasteiger partial charge in [0.25, 0.3) is 0 Å². The topological polar surface area (TPSA) is 54.4 Å². The van der Waals surface area contributed by atoms with Gasteiger partial charge in [-0.15, -0.1) is 0 Å². The molecule has 7 atom stereocenters. The van der Waals surface area contributed by atoms with Crippen LogP contribution in [-0.2, 0) is 9.59 Å². The maximum atomic E-state index is 12.2. The minimum absolute atomic E-state index is 0.0219. The van der Waals surface area contributed by atoms with Crippen LogP contribution in [-0.4, -0.2) is 22.8 Å². The van der Waals surface area contributed by atoms with Gasteiger partial charge in [-0.05, 0) is 80.1 Å². The minimum atomic E-state index is -0.349. The smallest absolute Gasteiger partial charge is 0.155 e. The Hall–Kier alpha value is -0.960. The monoisotopic (exact) mass is 330 g/mol. The van der Waals surface area contributed by atoms with Crippen molar-refractivity contribution in [1.82, 2.24) is 0 Å². The highest BCUT2D eigenvalue weighted by molar-refractivity contribution is 5.91. The van der Waals surface area contributed by atoms with Gasteiger partial charge in [-0.2, -0.15) is 0 Å². The van der Waals surface area contributed by atoms with Crippen LogP contribution in [0.15, 0.2) is 11.6 Å². The number of hydrogen-bond donors (Lipinski definition) is 1. The Bertz CT molecular complexity index is 621. The fraction of sp³-hybridized carbons (Fsp3) is 0.810. The van der Waals surface area contributed by atoms with E-state index >= 15 is 0 Å². The zero-order valence-electron chi connectivity index (χ0n) is 15.2. The first-order valence-electron chi connectivity index (χ1n) is 9.70. The van der Waals surface area contributed by atoms with Crippen LogP contribution in [0.4, 0.5) is 0 Å². The van der Waals surface area contributed by atoms with Crippen LogP contribution >= 0.6 is 0 Å². The summed E-state index contributed by atoms with van der Waals surface area (Å²) in [4.78, 5) is 24.0. The van der Waals surface area contributed by atoms with Gasteiger partial charge in [0.15, 0.2) is 5.78 Å². The second kappa shape index (κ2) is 5.27. The number of aliphatic hydroxyl groups excluding tert-OH is 1. The molecule has 0 saturated heterocycles. The number of Topliss-reactive ketones (excluding diaryl/α,β-unsaturated/α-hetero) is 1. The molecule has 24 heavy (non-hydrogen) atoms. The zero-order chi connectivity index (χ0) is 17.3. The Labute approximate surface area is 144 Å². The van der Waals surface area contributed by atoms with Crippen LogP contribution in [0, 0.1) is 34.5 Å². The van der Waals surface area contributed by atoms with E-state index in [1.54, 1.807) is 6.92 Å². The van der Waals surface area contributed by atoms with Gasteiger partial charge in [0.2, 0.25) is 0 Å². The Balaban J connectivity index is 1.72. The van der Waals surface area contributed by atoms with Crippen LogP contribution in [0.25, 0.3) is 0 Å². The molecule has 0 amide bonds. The van der Waals surface area contributed by atoms with Crippen molar-refractivity contribution in [2.45, 2.75) is 71.8 Å². The largest absolute Gasteiger partial charge is 0.393 e. The quantitative estimate of drug-likeness (QED) is 0.797. The molecule has 3 nitrogen and oxygen atoms in total. The molecule has 0 radical (unpaired) electrons. The molecule has 3 heteroatoms. The van der Waals surface area contributed by atoms with E-state index in [2.05, 4.69) is 13.8 Å². The summed E-state index contributed by atoms with van der Waals surface area (Å²) in [5, 5.41) is 11.2. The standard InChI is InChI=1S/C21H30O3/c1-12(22)16-6-7-17-15-5-4-13-10-14(23)8-9-20(13,2)19(15)18(24)11-21(16,17)3/h10,15-19,24H,4-9,11H2,1-3H3/t15-,16?,17-,18-,19+,20-,21+/m0/s1. The highest BCUT2D eigenvalue weighted by Crippen LogP contribution is 2.66. The number of rotatable bonds is 1. The molecular weight excluding hydrogens is 300 g/mol. The maximum absolute atomic E-state index is 12.2. The van der Waals surface area contributed by atoms with E-state index in [0.717, 1.165) is 38.5 Å². The Morgan fingerprint density at radius 1 is 1.21 bits per heavy atom. The van der Waals surface area contributed by atoms with Crippen molar-refractivity contribution in [2.75, 3.05) is 0 Å². The Kier molecular flexibility index (Phi) is 3.62. The molecule has 0 aromatic carbocycles. The van der Waals surface area contributed by atoms with Crippen LogP contribution in [0.5, 0.6) is 0 Å². The molecule has 0 spiro atoms. The predicted octanol–water partition coefficient (Wildman–Crippen LogP) is 3.69. The second-order valence-electron chi connectivity index (χ2n) is 9.41. The van der Waals surface area contributed by atoms with E-state index < -0.39 is 0 Å². The molecule has 3 fully saturated rings. The van der Waals surface area contributed by atoms with E-state index in [1.165, 1.54) is 5.57 Å². The summed E-state index contributed by atoms with van der Waals surface area (Å²) in [5.41, 5.74) is 1.23. The van der Waals surface area contributed by atoms with Gasteiger partial charge in [-0.3, -0.25) is 9.59 Å². The van der Waals surface area contributed by atoms with Gasteiger partial charge in [0.1, 0.15) is 5.78 Å². The Morgan fingerprint density at radius 2 is 1.96 bits per heavy atom. The third kappa shape index (κ3) is 2.06. The van der Waals surface area contributed by atoms with Crippen molar-refractivity contribution >= 4 is 11.6 Å². The molecule has 0 heterocycles. The minimum Gasteiger partial charge on any atom is -0.393 e. The summed E-state index contributed by atoms with van der Waals surface area (Å²) in [5.74, 6) is 1.99. The summed E-state index contributed by atoms with van der Waals surface area (Å²) in [6.45, 7) is 6.27. The van der Waals surface area contributed by atoms with Crippen molar-refractivity contribution in [3.63, 3.8) is 0 Å². The summed E-state index contributed by atoms with van der Waals surface area (Å²) >= 11 is 0. The van der Waals surface area contributed by atoms with Crippen LogP contribution < -0.4 is 0 Å². The third-order valence-electron chi connectivity index (χ3n) is 8.38. The lowest BCUT2D eigenvalue weighted by Gasteiger charge is -2.59. The molecule has 0 bridgehead atoms. The molecule has 0 aromatic heterocycles. The summed E-state index contributed by atoms with van der Waals surface area (Å²) in [6, 6.07) is 0. The van der Waals surface area contributed by atoms with Crippen LogP contribution in [0.3, 0.4) is 0 Å². The van der Waals surface area contributed by atoms with Crippen LogP contribution in [0.2, 0.25) is 0 Å². The van der Waals surface area contributed by atoms with Crippen molar-refractivity contribution in [3.8, 4) is 0 Å². The average Bonchev–Trinajstić information content (AvgIpc) is 2.84. The SMILES string of the molecule is CC(=O)C1CC[C@H]2[C@@H]3CCC4=CC(=O)CC[C@]4(C)[C@H]3[C@@H](O)C[C@]12C. The zero-order valence-corrected chi connectivity index (χ0v) is 15.2. The number of ketones is 2. The average molecular weight is 330 g/mol. The van der Waals surface area contributed by atoms with E-state index in [0.29, 0.717) is 24.0 Å². The summed E-state index contributed by atoms with van der Waals surface area (Å²) in [6.07, 6.45) is 7.97. The van der Waals surface area contributed by atoms with Crippen molar-refractivity contribution < 1.29 is 14.7 Å². The normalized spacial score (nSPS) is 50.6. The van der Waals surface area contributed by atoms with Gasteiger partial charge in [0, 0.05) is 12.3 Å². The van der Waals surface area contributed by atoms with Gasteiger partial charge in [0.05, 0.1) is 6.10 Å².